The summed E-state index contributed by atoms with van der Waals surface area (Å²) in [7, 11) is 0. The summed E-state index contributed by atoms with van der Waals surface area (Å²) in [5.41, 5.74) is 6.04. The number of hydrogen-bond acceptors (Lipinski definition) is 3. The van der Waals surface area contributed by atoms with Crippen molar-refractivity contribution in [1.29, 1.82) is 0 Å². The van der Waals surface area contributed by atoms with Gasteiger partial charge in [0, 0.05) is 28.9 Å². The SMILES string of the molecule is NC1=Nc2ncc(Br)cc2CC12CC(F)(F)C2. The third-order valence-corrected chi connectivity index (χ3v) is 3.84. The maximum atomic E-state index is 13.1. The molecule has 1 aromatic heterocycles. The lowest BCUT2D eigenvalue weighted by Crippen LogP contribution is -2.55. The first-order chi connectivity index (χ1) is 7.90. The Kier molecular flexibility index (Phi) is 2.12. The van der Waals surface area contributed by atoms with E-state index in [0.717, 1.165) is 10.0 Å². The molecule has 0 bridgehead atoms. The highest BCUT2D eigenvalue weighted by Gasteiger charge is 2.59. The zero-order chi connectivity index (χ0) is 12.3. The van der Waals surface area contributed by atoms with E-state index in [1.807, 2.05) is 6.07 Å². The van der Waals surface area contributed by atoms with Crippen molar-refractivity contribution >= 4 is 27.6 Å². The third-order valence-electron chi connectivity index (χ3n) is 3.40. The molecule has 1 aromatic rings. The molecule has 1 saturated carbocycles. The summed E-state index contributed by atoms with van der Waals surface area (Å²) in [4.78, 5) is 8.28. The molecule has 17 heavy (non-hydrogen) atoms. The fraction of sp³-hybridized carbons (Fsp3) is 0.455. The van der Waals surface area contributed by atoms with Gasteiger partial charge in [0.15, 0.2) is 5.82 Å². The topological polar surface area (TPSA) is 51.3 Å². The number of pyridine rings is 1. The Morgan fingerprint density at radius 1 is 1.35 bits per heavy atom. The molecule has 1 aliphatic carbocycles. The molecule has 3 rings (SSSR count). The molecule has 0 amide bonds. The fourth-order valence-electron chi connectivity index (χ4n) is 2.64. The molecular weight excluding hydrogens is 292 g/mol. The van der Waals surface area contributed by atoms with E-state index in [1.165, 1.54) is 0 Å². The smallest absolute Gasteiger partial charge is 0.250 e. The molecule has 2 aliphatic rings. The van der Waals surface area contributed by atoms with Gasteiger partial charge in [0.05, 0.1) is 0 Å². The van der Waals surface area contributed by atoms with Gasteiger partial charge < -0.3 is 5.73 Å². The monoisotopic (exact) mass is 301 g/mol. The number of aliphatic imine (C=N–C) groups is 1. The minimum absolute atomic E-state index is 0.207. The normalized spacial score (nSPS) is 23.8. The summed E-state index contributed by atoms with van der Waals surface area (Å²) in [6, 6.07) is 1.87. The Morgan fingerprint density at radius 3 is 2.71 bits per heavy atom. The van der Waals surface area contributed by atoms with Gasteiger partial charge in [0.2, 0.25) is 5.92 Å². The Labute approximate surface area is 105 Å². The van der Waals surface area contributed by atoms with Gasteiger partial charge in [-0.25, -0.2) is 18.8 Å². The van der Waals surface area contributed by atoms with Gasteiger partial charge in [0.1, 0.15) is 5.84 Å². The lowest BCUT2D eigenvalue weighted by atomic mass is 9.61. The summed E-state index contributed by atoms with van der Waals surface area (Å²) in [6.45, 7) is 0. The van der Waals surface area contributed by atoms with Gasteiger partial charge in [0.25, 0.3) is 0 Å². The summed E-state index contributed by atoms with van der Waals surface area (Å²) < 4.78 is 26.9. The van der Waals surface area contributed by atoms with E-state index in [1.54, 1.807) is 6.20 Å². The summed E-state index contributed by atoms with van der Waals surface area (Å²) in [6.07, 6.45) is 1.71. The van der Waals surface area contributed by atoms with Gasteiger partial charge >= 0.3 is 0 Å². The van der Waals surface area contributed by atoms with Crippen LogP contribution >= 0.6 is 15.9 Å². The van der Waals surface area contributed by atoms with Crippen LogP contribution in [0.1, 0.15) is 18.4 Å². The van der Waals surface area contributed by atoms with Crippen LogP contribution in [-0.2, 0) is 6.42 Å². The van der Waals surface area contributed by atoms with Crippen LogP contribution in [0, 0.1) is 5.41 Å². The number of aromatic nitrogens is 1. The van der Waals surface area contributed by atoms with E-state index in [2.05, 4.69) is 25.9 Å². The fourth-order valence-corrected chi connectivity index (χ4v) is 3.02. The minimum atomic E-state index is -2.60. The number of halogens is 3. The number of nitrogens with two attached hydrogens (primary N) is 1. The molecule has 0 aromatic carbocycles. The molecule has 2 heterocycles. The number of rotatable bonds is 0. The Bertz CT molecular complexity index is 519. The molecule has 0 unspecified atom stereocenters. The van der Waals surface area contributed by atoms with Crippen molar-refractivity contribution in [3.05, 3.63) is 22.3 Å². The second-order valence-electron chi connectivity index (χ2n) is 4.80. The molecule has 90 valence electrons. The van der Waals surface area contributed by atoms with Crippen molar-refractivity contribution in [3.8, 4) is 0 Å². The molecule has 1 aliphatic heterocycles. The number of amidine groups is 1. The quantitative estimate of drug-likeness (QED) is 0.801. The standard InChI is InChI=1S/C11H10BrF2N3/c12-7-1-6-2-10(4-11(13,14)5-10)9(15)17-8(6)16-3-7/h1,3H,2,4-5H2,(H2,15,16,17). The molecule has 0 saturated heterocycles. The molecule has 0 radical (unpaired) electrons. The largest absolute Gasteiger partial charge is 0.387 e. The van der Waals surface area contributed by atoms with Gasteiger partial charge in [-0.15, -0.1) is 0 Å². The average molecular weight is 302 g/mol. The van der Waals surface area contributed by atoms with Crippen molar-refractivity contribution < 1.29 is 8.78 Å². The lowest BCUT2D eigenvalue weighted by Gasteiger charge is -2.48. The summed E-state index contributed by atoms with van der Waals surface area (Å²) in [5.74, 6) is -1.76. The van der Waals surface area contributed by atoms with E-state index in [4.69, 9.17) is 5.73 Å². The highest BCUT2D eigenvalue weighted by atomic mass is 79.9. The number of alkyl halides is 2. The molecule has 2 N–H and O–H groups in total. The molecule has 1 fully saturated rings. The first-order valence-corrected chi connectivity index (χ1v) is 6.06. The second-order valence-corrected chi connectivity index (χ2v) is 5.72. The van der Waals surface area contributed by atoms with Crippen molar-refractivity contribution in [2.24, 2.45) is 16.1 Å². The van der Waals surface area contributed by atoms with Crippen molar-refractivity contribution in [1.82, 2.24) is 4.98 Å². The van der Waals surface area contributed by atoms with Gasteiger partial charge in [-0.3, -0.25) is 0 Å². The van der Waals surface area contributed by atoms with Gasteiger partial charge in [-0.1, -0.05) is 0 Å². The van der Waals surface area contributed by atoms with E-state index in [0.29, 0.717) is 18.1 Å². The molecule has 0 atom stereocenters. The Morgan fingerprint density at radius 2 is 2.06 bits per heavy atom. The van der Waals surface area contributed by atoms with Crippen LogP contribution in [0.4, 0.5) is 14.6 Å². The van der Waals surface area contributed by atoms with Gasteiger partial charge in [-0.2, -0.15) is 0 Å². The maximum Gasteiger partial charge on any atom is 0.250 e. The van der Waals surface area contributed by atoms with E-state index in [9.17, 15) is 8.78 Å². The average Bonchev–Trinajstić information content (AvgIpc) is 2.17. The van der Waals surface area contributed by atoms with Crippen LogP contribution in [0.15, 0.2) is 21.7 Å². The number of fused-ring (bicyclic) bond motifs is 1. The third kappa shape index (κ3) is 1.66. The first kappa shape index (κ1) is 11.1. The van der Waals surface area contributed by atoms with Crippen LogP contribution in [0.5, 0.6) is 0 Å². The minimum Gasteiger partial charge on any atom is -0.387 e. The van der Waals surface area contributed by atoms with E-state index >= 15 is 0 Å². The van der Waals surface area contributed by atoms with Crippen LogP contribution < -0.4 is 5.73 Å². The predicted octanol–water partition coefficient (Wildman–Crippen LogP) is 2.80. The van der Waals surface area contributed by atoms with Crippen LogP contribution in [0.25, 0.3) is 0 Å². The summed E-state index contributed by atoms with van der Waals surface area (Å²) >= 11 is 3.32. The first-order valence-electron chi connectivity index (χ1n) is 5.27. The van der Waals surface area contributed by atoms with Crippen molar-refractivity contribution in [2.45, 2.75) is 25.2 Å². The zero-order valence-electron chi connectivity index (χ0n) is 8.88. The Hall–Kier alpha value is -1.04. The highest BCUT2D eigenvalue weighted by Crippen LogP contribution is 2.56. The van der Waals surface area contributed by atoms with Crippen LogP contribution in [0.2, 0.25) is 0 Å². The van der Waals surface area contributed by atoms with Gasteiger partial charge in [-0.05, 0) is 34.0 Å². The van der Waals surface area contributed by atoms with Crippen molar-refractivity contribution in [2.75, 3.05) is 0 Å². The second kappa shape index (κ2) is 3.25. The number of hydrogen-bond donors (Lipinski definition) is 1. The van der Waals surface area contributed by atoms with Crippen LogP contribution in [-0.4, -0.2) is 16.7 Å². The summed E-state index contributed by atoms with van der Waals surface area (Å²) in [5, 5.41) is 0. The molecule has 6 heteroatoms. The zero-order valence-corrected chi connectivity index (χ0v) is 10.5. The van der Waals surface area contributed by atoms with Crippen LogP contribution in [0.3, 0.4) is 0 Å². The Balaban J connectivity index is 2.00. The predicted molar refractivity (Wildman–Crippen MR) is 63.5 cm³/mol. The van der Waals surface area contributed by atoms with E-state index < -0.39 is 11.3 Å². The highest BCUT2D eigenvalue weighted by molar-refractivity contribution is 9.10. The molecule has 3 nitrogen and oxygen atoms in total. The lowest BCUT2D eigenvalue weighted by molar-refractivity contribution is -0.133. The van der Waals surface area contributed by atoms with Crippen molar-refractivity contribution in [3.63, 3.8) is 0 Å². The van der Waals surface area contributed by atoms with E-state index in [-0.39, 0.29) is 12.8 Å². The number of nitrogens with zero attached hydrogens (tertiary/aromatic N) is 2. The molecular formula is C11H10BrF2N3. The molecule has 1 spiro atoms. The maximum absolute atomic E-state index is 13.1.